The molecule has 1 aliphatic carbocycles. The minimum Gasteiger partial charge on any atom is -0.384 e. The lowest BCUT2D eigenvalue weighted by molar-refractivity contribution is 0.486. The minimum absolute atomic E-state index is 0.394. The normalized spacial score (nSPS) is 35.0. The van der Waals surface area contributed by atoms with Crippen LogP contribution in [-0.4, -0.2) is 19.1 Å². The largest absolute Gasteiger partial charge is 0.384 e. The van der Waals surface area contributed by atoms with E-state index in [0.717, 1.165) is 13.1 Å². The average molecular weight is 214 g/mol. The lowest BCUT2D eigenvalue weighted by Crippen LogP contribution is -2.37. The summed E-state index contributed by atoms with van der Waals surface area (Å²) in [6.07, 6.45) is 21.0. The van der Waals surface area contributed by atoms with Crippen LogP contribution in [0, 0.1) is 5.92 Å². The van der Waals surface area contributed by atoms with E-state index in [2.05, 4.69) is 47.1 Å². The van der Waals surface area contributed by atoms with Gasteiger partial charge in [-0.15, -0.1) is 0 Å². The van der Waals surface area contributed by atoms with Crippen LogP contribution in [0.1, 0.15) is 0 Å². The van der Waals surface area contributed by atoms with Crippen molar-refractivity contribution in [3.8, 4) is 0 Å². The molecule has 2 aliphatic rings. The van der Waals surface area contributed by atoms with Crippen LogP contribution in [0.2, 0.25) is 0 Å². The lowest BCUT2D eigenvalue weighted by Gasteiger charge is -2.24. The predicted octanol–water partition coefficient (Wildman–Crippen LogP) is 1.92. The molecule has 2 atom stereocenters. The van der Waals surface area contributed by atoms with Crippen LogP contribution in [0.25, 0.3) is 0 Å². The van der Waals surface area contributed by atoms with Gasteiger partial charge >= 0.3 is 0 Å². The molecule has 2 N–H and O–H groups in total. The molecule has 0 aromatic heterocycles. The Morgan fingerprint density at radius 1 is 0.875 bits per heavy atom. The van der Waals surface area contributed by atoms with E-state index in [1.165, 1.54) is 0 Å². The highest BCUT2D eigenvalue weighted by Crippen LogP contribution is 2.11. The predicted molar refractivity (Wildman–Crippen MR) is 69.0 cm³/mol. The molecule has 16 heavy (non-hydrogen) atoms. The number of fused-ring (bicyclic) bond motifs is 1. The summed E-state index contributed by atoms with van der Waals surface area (Å²) < 4.78 is 0. The first kappa shape index (κ1) is 11.0. The second-order valence-electron chi connectivity index (χ2n) is 3.96. The van der Waals surface area contributed by atoms with Gasteiger partial charge in [-0.25, -0.2) is 0 Å². The fourth-order valence-corrected chi connectivity index (χ4v) is 1.86. The summed E-state index contributed by atoms with van der Waals surface area (Å²) in [5, 5.41) is 6.84. The van der Waals surface area contributed by atoms with Gasteiger partial charge in [-0.05, 0) is 12.3 Å². The Morgan fingerprint density at radius 2 is 1.75 bits per heavy atom. The van der Waals surface area contributed by atoms with Crippen LogP contribution in [0.5, 0.6) is 0 Å². The average Bonchev–Trinajstić information content (AvgIpc) is 2.30. The van der Waals surface area contributed by atoms with Crippen molar-refractivity contribution < 1.29 is 0 Å². The third-order valence-corrected chi connectivity index (χ3v) is 2.75. The van der Waals surface area contributed by atoms with Crippen molar-refractivity contribution in [2.75, 3.05) is 13.1 Å². The van der Waals surface area contributed by atoms with Gasteiger partial charge in [0.1, 0.15) is 0 Å². The second kappa shape index (κ2) is 6.13. The molecule has 1 aliphatic heterocycles. The lowest BCUT2D eigenvalue weighted by atomic mass is 9.95. The minimum atomic E-state index is 0.394. The molecular formula is C14H18N2. The number of hydrogen-bond acceptors (Lipinski definition) is 2. The zero-order valence-corrected chi connectivity index (χ0v) is 9.34. The van der Waals surface area contributed by atoms with Crippen LogP contribution in [0.4, 0.5) is 0 Å². The van der Waals surface area contributed by atoms with Crippen LogP contribution in [-0.2, 0) is 0 Å². The quantitative estimate of drug-likeness (QED) is 0.643. The van der Waals surface area contributed by atoms with Gasteiger partial charge in [0.2, 0.25) is 0 Å². The van der Waals surface area contributed by atoms with Gasteiger partial charge in [0.15, 0.2) is 0 Å². The summed E-state index contributed by atoms with van der Waals surface area (Å²) in [6, 6.07) is 0.394. The molecule has 2 unspecified atom stereocenters. The Labute approximate surface area is 97.1 Å². The molecule has 0 radical (unpaired) electrons. The van der Waals surface area contributed by atoms with Crippen LogP contribution < -0.4 is 10.6 Å². The number of hydrogen-bond donors (Lipinski definition) is 2. The Bertz CT molecular complexity index is 348. The molecule has 2 heteroatoms. The Hall–Kier alpha value is -1.54. The van der Waals surface area contributed by atoms with E-state index >= 15 is 0 Å². The first-order valence-electron chi connectivity index (χ1n) is 5.77. The first-order valence-corrected chi connectivity index (χ1v) is 5.77. The molecule has 0 aromatic rings. The molecule has 2 rings (SSSR count). The highest BCUT2D eigenvalue weighted by Gasteiger charge is 2.16. The monoisotopic (exact) mass is 214 g/mol. The molecule has 2 nitrogen and oxygen atoms in total. The van der Waals surface area contributed by atoms with Gasteiger partial charge in [-0.2, -0.15) is 0 Å². The van der Waals surface area contributed by atoms with Crippen molar-refractivity contribution in [1.82, 2.24) is 10.6 Å². The topological polar surface area (TPSA) is 24.1 Å². The zero-order chi connectivity index (χ0) is 11.1. The number of allylic oxidation sites excluding steroid dienone is 6. The standard InChI is InChI=1S/C14H18N2/c1-2-6-10-15-12-13-8-4-5-9-14(13)16-11-7-3-1/h1-9,11,13-16H,10,12H2/b3-1+,6-2-,11-7-. The smallest absolute Gasteiger partial charge is 0.0517 e. The summed E-state index contributed by atoms with van der Waals surface area (Å²) in [4.78, 5) is 0. The van der Waals surface area contributed by atoms with Crippen molar-refractivity contribution in [3.05, 3.63) is 60.9 Å². The molecular weight excluding hydrogens is 196 g/mol. The summed E-state index contributed by atoms with van der Waals surface area (Å²) in [6.45, 7) is 1.93. The number of rotatable bonds is 0. The Balaban J connectivity index is 2.03. The molecule has 84 valence electrons. The van der Waals surface area contributed by atoms with Crippen LogP contribution >= 0.6 is 0 Å². The van der Waals surface area contributed by atoms with E-state index < -0.39 is 0 Å². The van der Waals surface area contributed by atoms with Gasteiger partial charge in [-0.1, -0.05) is 48.6 Å². The summed E-state index contributed by atoms with van der Waals surface area (Å²) in [7, 11) is 0. The molecule has 0 amide bonds. The molecule has 0 aromatic carbocycles. The third kappa shape index (κ3) is 3.24. The van der Waals surface area contributed by atoms with E-state index in [9.17, 15) is 0 Å². The Kier molecular flexibility index (Phi) is 4.20. The van der Waals surface area contributed by atoms with Gasteiger partial charge in [0, 0.05) is 19.0 Å². The van der Waals surface area contributed by atoms with Crippen LogP contribution in [0.15, 0.2) is 60.9 Å². The summed E-state index contributed by atoms with van der Waals surface area (Å²) in [5.74, 6) is 0.520. The van der Waals surface area contributed by atoms with Gasteiger partial charge in [-0.3, -0.25) is 0 Å². The SMILES string of the molecule is C1=CC2CNC\C=C/C=C/C=C\NC2C=C1. The van der Waals surface area contributed by atoms with Crippen LogP contribution in [0.3, 0.4) is 0 Å². The van der Waals surface area contributed by atoms with Gasteiger partial charge < -0.3 is 10.6 Å². The first-order chi connectivity index (χ1) is 7.97. The maximum Gasteiger partial charge on any atom is 0.0517 e. The fraction of sp³-hybridized carbons (Fsp3) is 0.286. The van der Waals surface area contributed by atoms with E-state index in [1.807, 2.05) is 24.4 Å². The highest BCUT2D eigenvalue weighted by atomic mass is 14.9. The van der Waals surface area contributed by atoms with E-state index in [1.54, 1.807) is 0 Å². The molecule has 0 saturated carbocycles. The van der Waals surface area contributed by atoms with E-state index in [-0.39, 0.29) is 0 Å². The second-order valence-corrected chi connectivity index (χ2v) is 3.96. The van der Waals surface area contributed by atoms with Crippen molar-refractivity contribution >= 4 is 0 Å². The van der Waals surface area contributed by atoms with E-state index in [4.69, 9.17) is 0 Å². The Morgan fingerprint density at radius 3 is 2.75 bits per heavy atom. The van der Waals surface area contributed by atoms with Gasteiger partial charge in [0.05, 0.1) is 6.04 Å². The zero-order valence-electron chi connectivity index (χ0n) is 9.34. The van der Waals surface area contributed by atoms with Crippen molar-refractivity contribution in [2.45, 2.75) is 6.04 Å². The van der Waals surface area contributed by atoms with Crippen molar-refractivity contribution in [3.63, 3.8) is 0 Å². The highest BCUT2D eigenvalue weighted by molar-refractivity contribution is 5.19. The number of nitrogens with one attached hydrogen (secondary N) is 2. The maximum atomic E-state index is 3.43. The summed E-state index contributed by atoms with van der Waals surface area (Å²) in [5.41, 5.74) is 0. The molecule has 0 bridgehead atoms. The van der Waals surface area contributed by atoms with E-state index in [0.29, 0.717) is 12.0 Å². The molecule has 0 spiro atoms. The summed E-state index contributed by atoms with van der Waals surface area (Å²) >= 11 is 0. The molecule has 1 heterocycles. The molecule has 0 fully saturated rings. The van der Waals surface area contributed by atoms with Crippen molar-refractivity contribution in [1.29, 1.82) is 0 Å². The maximum absolute atomic E-state index is 3.43. The molecule has 0 saturated heterocycles. The van der Waals surface area contributed by atoms with Gasteiger partial charge in [0.25, 0.3) is 0 Å². The van der Waals surface area contributed by atoms with Crippen molar-refractivity contribution in [2.24, 2.45) is 5.92 Å². The third-order valence-electron chi connectivity index (χ3n) is 2.75. The fourth-order valence-electron chi connectivity index (χ4n) is 1.86.